The maximum atomic E-state index is 12.7. The second kappa shape index (κ2) is 6.48. The first kappa shape index (κ1) is 15.0. The fraction of sp³-hybridized carbons (Fsp3) is 0.158. The van der Waals surface area contributed by atoms with Crippen molar-refractivity contribution in [1.82, 2.24) is 9.55 Å². The van der Waals surface area contributed by atoms with Crippen LogP contribution in [0.4, 0.5) is 0 Å². The van der Waals surface area contributed by atoms with Gasteiger partial charge in [0.15, 0.2) is 0 Å². The standard InChI is InChI=1S/C19H18N2O2/c1-3-21-17(13-12-14-8-5-4-6-9-14)20-18-15(19(21)22)10-7-11-16(18)23-2/h4-13H,3H2,1-2H3. The fourth-order valence-corrected chi connectivity index (χ4v) is 2.57. The maximum Gasteiger partial charge on any atom is 0.261 e. The van der Waals surface area contributed by atoms with E-state index in [1.54, 1.807) is 17.7 Å². The molecule has 0 saturated heterocycles. The van der Waals surface area contributed by atoms with Crippen molar-refractivity contribution in [2.45, 2.75) is 13.5 Å². The highest BCUT2D eigenvalue weighted by Crippen LogP contribution is 2.21. The number of fused-ring (bicyclic) bond motifs is 1. The predicted octanol–water partition coefficient (Wildman–Crippen LogP) is 3.60. The van der Waals surface area contributed by atoms with Gasteiger partial charge < -0.3 is 4.74 Å². The van der Waals surface area contributed by atoms with Crippen molar-refractivity contribution < 1.29 is 4.74 Å². The van der Waals surface area contributed by atoms with Crippen molar-refractivity contribution in [2.75, 3.05) is 7.11 Å². The van der Waals surface area contributed by atoms with Gasteiger partial charge in [-0.15, -0.1) is 0 Å². The number of hydrogen-bond acceptors (Lipinski definition) is 3. The zero-order chi connectivity index (χ0) is 16.2. The highest BCUT2D eigenvalue weighted by Gasteiger charge is 2.11. The van der Waals surface area contributed by atoms with Gasteiger partial charge >= 0.3 is 0 Å². The lowest BCUT2D eigenvalue weighted by Crippen LogP contribution is -2.23. The molecule has 4 heteroatoms. The quantitative estimate of drug-likeness (QED) is 0.740. The third-order valence-electron chi connectivity index (χ3n) is 3.74. The van der Waals surface area contributed by atoms with Crippen molar-refractivity contribution in [1.29, 1.82) is 0 Å². The molecule has 1 heterocycles. The molecule has 2 aromatic carbocycles. The van der Waals surface area contributed by atoms with Gasteiger partial charge in [-0.3, -0.25) is 9.36 Å². The molecule has 3 rings (SSSR count). The zero-order valence-corrected chi connectivity index (χ0v) is 13.2. The topological polar surface area (TPSA) is 44.1 Å². The molecule has 0 amide bonds. The van der Waals surface area contributed by atoms with Crippen LogP contribution < -0.4 is 10.3 Å². The summed E-state index contributed by atoms with van der Waals surface area (Å²) >= 11 is 0. The summed E-state index contributed by atoms with van der Waals surface area (Å²) < 4.78 is 7.01. The van der Waals surface area contributed by atoms with E-state index in [2.05, 4.69) is 4.98 Å². The van der Waals surface area contributed by atoms with Gasteiger partial charge in [-0.05, 0) is 30.7 Å². The average Bonchev–Trinajstić information content (AvgIpc) is 2.60. The SMILES string of the molecule is CCn1c(C=Cc2ccccc2)nc2c(OC)cccc2c1=O. The molecule has 0 atom stereocenters. The minimum Gasteiger partial charge on any atom is -0.494 e. The summed E-state index contributed by atoms with van der Waals surface area (Å²) in [7, 11) is 1.58. The van der Waals surface area contributed by atoms with Crippen molar-refractivity contribution in [2.24, 2.45) is 0 Å². The summed E-state index contributed by atoms with van der Waals surface area (Å²) in [5.74, 6) is 1.23. The normalized spacial score (nSPS) is 11.2. The van der Waals surface area contributed by atoms with E-state index >= 15 is 0 Å². The highest BCUT2D eigenvalue weighted by molar-refractivity contribution is 5.84. The molecule has 4 nitrogen and oxygen atoms in total. The van der Waals surface area contributed by atoms with Crippen LogP contribution in [0.25, 0.3) is 23.1 Å². The highest BCUT2D eigenvalue weighted by atomic mass is 16.5. The molecule has 0 bridgehead atoms. The summed E-state index contributed by atoms with van der Waals surface area (Å²) in [5, 5.41) is 0.572. The van der Waals surface area contributed by atoms with Crippen LogP contribution in [0.3, 0.4) is 0 Å². The predicted molar refractivity (Wildman–Crippen MR) is 93.6 cm³/mol. The summed E-state index contributed by atoms with van der Waals surface area (Å²) in [4.78, 5) is 17.3. The first-order valence-corrected chi connectivity index (χ1v) is 7.55. The van der Waals surface area contributed by atoms with Crippen molar-refractivity contribution in [3.8, 4) is 5.75 Å². The van der Waals surface area contributed by atoms with Gasteiger partial charge in [0.05, 0.1) is 12.5 Å². The molecule has 0 saturated carbocycles. The number of hydrogen-bond donors (Lipinski definition) is 0. The lowest BCUT2D eigenvalue weighted by molar-refractivity contribution is 0.418. The molecule has 0 unspecified atom stereocenters. The number of para-hydroxylation sites is 1. The molecular weight excluding hydrogens is 288 g/mol. The van der Waals surface area contributed by atoms with E-state index in [-0.39, 0.29) is 5.56 Å². The van der Waals surface area contributed by atoms with Gasteiger partial charge in [0.25, 0.3) is 5.56 Å². The molecule has 3 aromatic rings. The fourth-order valence-electron chi connectivity index (χ4n) is 2.57. The van der Waals surface area contributed by atoms with Crippen LogP contribution in [-0.2, 0) is 6.54 Å². The first-order chi connectivity index (χ1) is 11.2. The second-order valence-corrected chi connectivity index (χ2v) is 5.12. The largest absolute Gasteiger partial charge is 0.494 e. The molecule has 23 heavy (non-hydrogen) atoms. The number of methoxy groups -OCH3 is 1. The van der Waals surface area contributed by atoms with E-state index in [0.717, 1.165) is 5.56 Å². The lowest BCUT2D eigenvalue weighted by Gasteiger charge is -2.10. The summed E-state index contributed by atoms with van der Waals surface area (Å²) in [5.41, 5.74) is 1.60. The smallest absolute Gasteiger partial charge is 0.261 e. The molecule has 0 aliphatic heterocycles. The van der Waals surface area contributed by atoms with Crippen molar-refractivity contribution >= 4 is 23.1 Å². The van der Waals surface area contributed by atoms with Crippen LogP contribution in [0, 0.1) is 0 Å². The second-order valence-electron chi connectivity index (χ2n) is 5.12. The van der Waals surface area contributed by atoms with E-state index in [9.17, 15) is 4.79 Å². The molecule has 1 aromatic heterocycles. The van der Waals surface area contributed by atoms with Crippen molar-refractivity contribution in [3.05, 3.63) is 70.3 Å². The third-order valence-corrected chi connectivity index (χ3v) is 3.74. The Balaban J connectivity index is 2.19. The van der Waals surface area contributed by atoms with Gasteiger partial charge in [-0.25, -0.2) is 4.98 Å². The molecule has 0 N–H and O–H groups in total. The Hall–Kier alpha value is -2.88. The Bertz CT molecular complexity index is 912. The van der Waals surface area contributed by atoms with E-state index < -0.39 is 0 Å². The van der Waals surface area contributed by atoms with E-state index in [0.29, 0.717) is 29.0 Å². The van der Waals surface area contributed by atoms with E-state index in [4.69, 9.17) is 4.74 Å². The number of ether oxygens (including phenoxy) is 1. The lowest BCUT2D eigenvalue weighted by atomic mass is 10.2. The van der Waals surface area contributed by atoms with Gasteiger partial charge in [0, 0.05) is 6.54 Å². The van der Waals surface area contributed by atoms with Crippen LogP contribution in [0.5, 0.6) is 5.75 Å². The van der Waals surface area contributed by atoms with Crippen LogP contribution >= 0.6 is 0 Å². The molecule has 0 radical (unpaired) electrons. The summed E-state index contributed by atoms with van der Waals surface area (Å²) in [6.07, 6.45) is 3.82. The van der Waals surface area contributed by atoms with Crippen LogP contribution in [-0.4, -0.2) is 16.7 Å². The Morgan fingerprint density at radius 2 is 1.87 bits per heavy atom. The summed E-state index contributed by atoms with van der Waals surface area (Å²) in [6.45, 7) is 2.50. The molecule has 116 valence electrons. The number of nitrogens with zero attached hydrogens (tertiary/aromatic N) is 2. The van der Waals surface area contributed by atoms with Crippen LogP contribution in [0.2, 0.25) is 0 Å². The first-order valence-electron chi connectivity index (χ1n) is 7.55. The van der Waals surface area contributed by atoms with E-state index in [1.165, 1.54) is 0 Å². The molecule has 0 aliphatic rings. The van der Waals surface area contributed by atoms with Gasteiger partial charge in [-0.2, -0.15) is 0 Å². The van der Waals surface area contributed by atoms with Gasteiger partial charge in [0.1, 0.15) is 17.1 Å². The Morgan fingerprint density at radius 1 is 1.09 bits per heavy atom. The number of benzene rings is 2. The molecule has 0 spiro atoms. The maximum absolute atomic E-state index is 12.7. The molecule has 0 fully saturated rings. The Morgan fingerprint density at radius 3 is 2.57 bits per heavy atom. The number of aromatic nitrogens is 2. The van der Waals surface area contributed by atoms with Crippen LogP contribution in [0.15, 0.2) is 53.3 Å². The van der Waals surface area contributed by atoms with Crippen molar-refractivity contribution in [3.63, 3.8) is 0 Å². The molecule has 0 aliphatic carbocycles. The minimum atomic E-state index is -0.0517. The van der Waals surface area contributed by atoms with Gasteiger partial charge in [0.2, 0.25) is 0 Å². The van der Waals surface area contributed by atoms with Gasteiger partial charge in [-0.1, -0.05) is 42.5 Å². The number of rotatable bonds is 4. The Kier molecular flexibility index (Phi) is 4.24. The Labute approximate surface area is 134 Å². The summed E-state index contributed by atoms with van der Waals surface area (Å²) in [6, 6.07) is 15.3. The minimum absolute atomic E-state index is 0.0517. The molecular formula is C19H18N2O2. The van der Waals surface area contributed by atoms with E-state index in [1.807, 2.05) is 61.5 Å². The zero-order valence-electron chi connectivity index (χ0n) is 13.2. The average molecular weight is 306 g/mol. The monoisotopic (exact) mass is 306 g/mol. The third kappa shape index (κ3) is 2.88. The van der Waals surface area contributed by atoms with Crippen LogP contribution in [0.1, 0.15) is 18.3 Å².